The van der Waals surface area contributed by atoms with Gasteiger partial charge in [0.2, 0.25) is 0 Å². The molecule has 1 aliphatic heterocycles. The topological polar surface area (TPSA) is 67.9 Å². The number of carbonyl (C=O) groups is 2. The van der Waals surface area contributed by atoms with Gasteiger partial charge in [0.25, 0.3) is 11.8 Å². The molecule has 0 radical (unpaired) electrons. The Hall–Kier alpha value is -2.73. The maximum atomic E-state index is 12.8. The van der Waals surface area contributed by atoms with Gasteiger partial charge < -0.3 is 19.7 Å². The van der Waals surface area contributed by atoms with Gasteiger partial charge in [0.15, 0.2) is 12.7 Å². The number of nitrogens with one attached hydrogen (secondary N) is 1. The van der Waals surface area contributed by atoms with Gasteiger partial charge in [-0.05, 0) is 36.8 Å². The molecule has 142 valence electrons. The highest BCUT2D eigenvalue weighted by Crippen LogP contribution is 2.33. The number of carbonyl (C=O) groups excluding carboxylic acids is 2. The van der Waals surface area contributed by atoms with Crippen molar-refractivity contribution >= 4 is 29.1 Å². The predicted molar refractivity (Wildman–Crippen MR) is 103 cm³/mol. The lowest BCUT2D eigenvalue weighted by atomic mass is 10.1. The van der Waals surface area contributed by atoms with Gasteiger partial charge in [-0.25, -0.2) is 0 Å². The number of rotatable bonds is 6. The van der Waals surface area contributed by atoms with E-state index < -0.39 is 6.10 Å². The molecular formula is C20H21ClN2O4. The molecule has 0 spiro atoms. The number of hydrogen-bond donors (Lipinski definition) is 1. The molecule has 0 aromatic heterocycles. The average Bonchev–Trinajstić information content (AvgIpc) is 2.69. The van der Waals surface area contributed by atoms with Crippen molar-refractivity contribution in [3.05, 3.63) is 53.6 Å². The normalized spacial score (nSPS) is 15.5. The number of para-hydroxylation sites is 2. The molecule has 1 heterocycles. The quantitative estimate of drug-likeness (QED) is 0.825. The standard InChI is InChI=1S/C20H21ClN2O4/c1-2-10-22-20(25)18-12-23(16-8-3-4-9-17(16)27-18)19(24)13-26-15-7-5-6-14(21)11-15/h3-9,11,18H,2,10,12-13H2,1H3,(H,22,25)/t18-/m0/s1. The van der Waals surface area contributed by atoms with Crippen LogP contribution in [0.25, 0.3) is 0 Å². The highest BCUT2D eigenvalue weighted by atomic mass is 35.5. The summed E-state index contributed by atoms with van der Waals surface area (Å²) < 4.78 is 11.3. The van der Waals surface area contributed by atoms with Crippen molar-refractivity contribution in [2.24, 2.45) is 0 Å². The number of fused-ring (bicyclic) bond motifs is 1. The lowest BCUT2D eigenvalue weighted by Crippen LogP contribution is -2.51. The van der Waals surface area contributed by atoms with Crippen LogP contribution in [0, 0.1) is 0 Å². The largest absolute Gasteiger partial charge is 0.484 e. The third-order valence-corrected chi connectivity index (χ3v) is 4.31. The zero-order chi connectivity index (χ0) is 19.2. The summed E-state index contributed by atoms with van der Waals surface area (Å²) in [5.74, 6) is 0.505. The van der Waals surface area contributed by atoms with Crippen molar-refractivity contribution < 1.29 is 19.1 Å². The Bertz CT molecular complexity index is 827. The van der Waals surface area contributed by atoms with Crippen molar-refractivity contribution in [3.8, 4) is 11.5 Å². The van der Waals surface area contributed by atoms with E-state index in [1.54, 1.807) is 42.5 Å². The Balaban J connectivity index is 1.73. The number of halogens is 1. The molecule has 0 bridgehead atoms. The molecule has 0 saturated carbocycles. The number of nitrogens with zero attached hydrogens (tertiary/aromatic N) is 1. The SMILES string of the molecule is CCCNC(=O)[C@@H]1CN(C(=O)COc2cccc(Cl)c2)c2ccccc2O1. The van der Waals surface area contributed by atoms with Crippen LogP contribution in [0.4, 0.5) is 5.69 Å². The van der Waals surface area contributed by atoms with Crippen molar-refractivity contribution in [1.82, 2.24) is 5.32 Å². The van der Waals surface area contributed by atoms with Crippen LogP contribution in [0.2, 0.25) is 5.02 Å². The number of benzene rings is 2. The third-order valence-electron chi connectivity index (χ3n) is 4.07. The summed E-state index contributed by atoms with van der Waals surface area (Å²) >= 11 is 5.94. The third kappa shape index (κ3) is 4.71. The Morgan fingerprint density at radius 1 is 1.26 bits per heavy atom. The molecular weight excluding hydrogens is 368 g/mol. The molecule has 27 heavy (non-hydrogen) atoms. The van der Waals surface area contributed by atoms with Crippen LogP contribution in [0.15, 0.2) is 48.5 Å². The first-order valence-electron chi connectivity index (χ1n) is 8.80. The van der Waals surface area contributed by atoms with Crippen LogP contribution in [-0.2, 0) is 9.59 Å². The molecule has 1 aliphatic rings. The van der Waals surface area contributed by atoms with Crippen molar-refractivity contribution in [2.75, 3.05) is 24.6 Å². The molecule has 0 unspecified atom stereocenters. The van der Waals surface area contributed by atoms with Crippen molar-refractivity contribution in [3.63, 3.8) is 0 Å². The van der Waals surface area contributed by atoms with Crippen LogP contribution in [0.5, 0.6) is 11.5 Å². The first-order valence-corrected chi connectivity index (χ1v) is 9.18. The maximum Gasteiger partial charge on any atom is 0.265 e. The number of hydrogen-bond acceptors (Lipinski definition) is 4. The van der Waals surface area contributed by atoms with E-state index in [-0.39, 0.29) is 25.0 Å². The second-order valence-electron chi connectivity index (χ2n) is 6.12. The molecule has 0 fully saturated rings. The molecule has 0 aliphatic carbocycles. The second-order valence-corrected chi connectivity index (χ2v) is 6.55. The fourth-order valence-corrected chi connectivity index (χ4v) is 2.93. The highest BCUT2D eigenvalue weighted by Gasteiger charge is 2.33. The van der Waals surface area contributed by atoms with E-state index in [1.165, 1.54) is 4.90 Å². The summed E-state index contributed by atoms with van der Waals surface area (Å²) in [4.78, 5) is 26.6. The monoisotopic (exact) mass is 388 g/mol. The van der Waals surface area contributed by atoms with Crippen LogP contribution < -0.4 is 19.7 Å². The number of ether oxygens (including phenoxy) is 2. The first kappa shape index (κ1) is 19.0. The van der Waals surface area contributed by atoms with E-state index in [0.29, 0.717) is 28.8 Å². The number of anilines is 1. The molecule has 1 atom stereocenters. The van der Waals surface area contributed by atoms with Gasteiger partial charge in [-0.1, -0.05) is 36.7 Å². The van der Waals surface area contributed by atoms with E-state index >= 15 is 0 Å². The molecule has 0 saturated heterocycles. The molecule has 7 heteroatoms. The molecule has 2 aromatic carbocycles. The minimum atomic E-state index is -0.762. The van der Waals surface area contributed by atoms with E-state index in [2.05, 4.69) is 5.32 Å². The van der Waals surface area contributed by atoms with Crippen molar-refractivity contribution in [2.45, 2.75) is 19.4 Å². The Labute approximate surface area is 163 Å². The molecule has 3 rings (SSSR count). The second kappa shape index (κ2) is 8.77. The zero-order valence-electron chi connectivity index (χ0n) is 15.0. The van der Waals surface area contributed by atoms with Gasteiger partial charge in [0.1, 0.15) is 11.5 Å². The van der Waals surface area contributed by atoms with E-state index in [1.807, 2.05) is 13.0 Å². The fourth-order valence-electron chi connectivity index (χ4n) is 2.75. The molecule has 1 N–H and O–H groups in total. The fraction of sp³-hybridized carbons (Fsp3) is 0.300. The van der Waals surface area contributed by atoms with Crippen LogP contribution in [0.1, 0.15) is 13.3 Å². The summed E-state index contributed by atoms with van der Waals surface area (Å²) in [6.45, 7) is 2.49. The molecule has 2 amide bonds. The van der Waals surface area contributed by atoms with Gasteiger partial charge in [0.05, 0.1) is 12.2 Å². The summed E-state index contributed by atoms with van der Waals surface area (Å²) in [6.07, 6.45) is 0.0621. The summed E-state index contributed by atoms with van der Waals surface area (Å²) in [7, 11) is 0. The first-order chi connectivity index (χ1) is 13.1. The lowest BCUT2D eigenvalue weighted by Gasteiger charge is -2.34. The predicted octanol–water partition coefficient (Wildman–Crippen LogP) is 3.04. The van der Waals surface area contributed by atoms with Gasteiger partial charge in [-0.15, -0.1) is 0 Å². The minimum Gasteiger partial charge on any atom is -0.484 e. The summed E-state index contributed by atoms with van der Waals surface area (Å²) in [6, 6.07) is 14.0. The smallest absolute Gasteiger partial charge is 0.265 e. The van der Waals surface area contributed by atoms with Gasteiger partial charge in [-0.3, -0.25) is 9.59 Å². The highest BCUT2D eigenvalue weighted by molar-refractivity contribution is 6.30. The average molecular weight is 389 g/mol. The Morgan fingerprint density at radius 2 is 2.07 bits per heavy atom. The van der Waals surface area contributed by atoms with E-state index in [4.69, 9.17) is 21.1 Å². The molecule has 2 aromatic rings. The Kier molecular flexibility index (Phi) is 6.19. The summed E-state index contributed by atoms with van der Waals surface area (Å²) in [5.41, 5.74) is 0.622. The molecule has 6 nitrogen and oxygen atoms in total. The van der Waals surface area contributed by atoms with Gasteiger partial charge in [-0.2, -0.15) is 0 Å². The Morgan fingerprint density at radius 3 is 2.85 bits per heavy atom. The van der Waals surface area contributed by atoms with Crippen LogP contribution >= 0.6 is 11.6 Å². The lowest BCUT2D eigenvalue weighted by molar-refractivity contribution is -0.128. The van der Waals surface area contributed by atoms with Gasteiger partial charge in [0, 0.05) is 11.6 Å². The maximum absolute atomic E-state index is 12.8. The summed E-state index contributed by atoms with van der Waals surface area (Å²) in [5, 5.41) is 3.34. The van der Waals surface area contributed by atoms with Crippen LogP contribution in [-0.4, -0.2) is 37.6 Å². The minimum absolute atomic E-state index is 0.129. The number of amides is 2. The van der Waals surface area contributed by atoms with Crippen LogP contribution in [0.3, 0.4) is 0 Å². The zero-order valence-corrected chi connectivity index (χ0v) is 15.7. The van der Waals surface area contributed by atoms with Gasteiger partial charge >= 0.3 is 0 Å². The van der Waals surface area contributed by atoms with E-state index in [0.717, 1.165) is 6.42 Å². The van der Waals surface area contributed by atoms with E-state index in [9.17, 15) is 9.59 Å². The van der Waals surface area contributed by atoms with Crippen molar-refractivity contribution in [1.29, 1.82) is 0 Å².